The number of nitrogens with one attached hydrogen (secondary N) is 1. The summed E-state index contributed by atoms with van der Waals surface area (Å²) in [7, 11) is -1.28. The number of para-hydroxylation sites is 1. The molecule has 0 aliphatic carbocycles. The van der Waals surface area contributed by atoms with Crippen LogP contribution in [0.4, 0.5) is 5.69 Å². The topological polar surface area (TPSA) is 58.5 Å². The van der Waals surface area contributed by atoms with Gasteiger partial charge in [-0.3, -0.25) is 14.4 Å². The molecule has 2 aromatic carbocycles. The van der Waals surface area contributed by atoms with Crippen molar-refractivity contribution in [3.8, 4) is 0 Å². The fourth-order valence-electron chi connectivity index (χ4n) is 1.64. The zero-order valence-electron chi connectivity index (χ0n) is 11.7. The summed E-state index contributed by atoms with van der Waals surface area (Å²) in [6, 6.07) is 18.4. The van der Waals surface area contributed by atoms with E-state index < -0.39 is 10.8 Å². The number of hydrogen-bond acceptors (Lipinski definition) is 4. The van der Waals surface area contributed by atoms with E-state index in [1.807, 2.05) is 48.5 Å². The number of hydrazone groups is 1. The van der Waals surface area contributed by atoms with Crippen molar-refractivity contribution in [2.75, 3.05) is 11.2 Å². The first kappa shape index (κ1) is 15.1. The van der Waals surface area contributed by atoms with Crippen LogP contribution in [0, 0.1) is 0 Å². The Kier molecular flexibility index (Phi) is 5.40. The lowest BCUT2D eigenvalue weighted by atomic mass is 10.3. The quantitative estimate of drug-likeness (QED) is 0.659. The lowest BCUT2D eigenvalue weighted by molar-refractivity contribution is -0.111. The SMILES string of the molecule is CC(=O)C(CS(=O)c1ccccc1)=NNc1ccccc1. The third kappa shape index (κ3) is 4.65. The van der Waals surface area contributed by atoms with Crippen LogP contribution in [0.2, 0.25) is 0 Å². The van der Waals surface area contributed by atoms with Crippen LogP contribution in [0.3, 0.4) is 0 Å². The van der Waals surface area contributed by atoms with E-state index >= 15 is 0 Å². The average Bonchev–Trinajstić information content (AvgIpc) is 2.52. The molecular formula is C16H16N2O2S. The lowest BCUT2D eigenvalue weighted by Crippen LogP contribution is -2.20. The summed E-state index contributed by atoms with van der Waals surface area (Å²) in [6.07, 6.45) is 0. The molecule has 0 aliphatic rings. The van der Waals surface area contributed by atoms with E-state index in [0.29, 0.717) is 4.90 Å². The molecule has 0 aromatic heterocycles. The van der Waals surface area contributed by atoms with Crippen molar-refractivity contribution in [3.05, 3.63) is 60.7 Å². The summed E-state index contributed by atoms with van der Waals surface area (Å²) in [6.45, 7) is 1.42. The molecule has 4 nitrogen and oxygen atoms in total. The summed E-state index contributed by atoms with van der Waals surface area (Å²) >= 11 is 0. The Morgan fingerprint density at radius 3 is 2.19 bits per heavy atom. The molecule has 0 saturated heterocycles. The molecule has 1 N–H and O–H groups in total. The number of benzene rings is 2. The number of nitrogens with zero attached hydrogens (tertiary/aromatic N) is 1. The van der Waals surface area contributed by atoms with Crippen molar-refractivity contribution in [2.24, 2.45) is 5.10 Å². The van der Waals surface area contributed by atoms with Gasteiger partial charge in [0.1, 0.15) is 5.71 Å². The molecular weight excluding hydrogens is 284 g/mol. The standard InChI is InChI=1S/C16H16N2O2S/c1-13(19)16(18-17-14-8-4-2-5-9-14)12-21(20)15-10-6-3-7-11-15/h2-11,17H,12H2,1H3. The van der Waals surface area contributed by atoms with Gasteiger partial charge in [0.2, 0.25) is 0 Å². The van der Waals surface area contributed by atoms with E-state index in [-0.39, 0.29) is 17.2 Å². The van der Waals surface area contributed by atoms with Crippen LogP contribution in [0.5, 0.6) is 0 Å². The van der Waals surface area contributed by atoms with Crippen LogP contribution in [-0.2, 0) is 15.6 Å². The highest BCUT2D eigenvalue weighted by atomic mass is 32.2. The van der Waals surface area contributed by atoms with Gasteiger partial charge in [-0.15, -0.1) is 0 Å². The Morgan fingerprint density at radius 2 is 1.62 bits per heavy atom. The normalized spacial score (nSPS) is 12.7. The minimum absolute atomic E-state index is 0.0964. The Bertz CT molecular complexity index is 654. The summed E-state index contributed by atoms with van der Waals surface area (Å²) in [4.78, 5) is 12.3. The zero-order valence-corrected chi connectivity index (χ0v) is 12.5. The Morgan fingerprint density at radius 1 is 1.05 bits per heavy atom. The fourth-order valence-corrected chi connectivity index (χ4v) is 2.78. The Balaban J connectivity index is 2.09. The first-order valence-electron chi connectivity index (χ1n) is 6.49. The zero-order chi connectivity index (χ0) is 15.1. The molecule has 2 aromatic rings. The predicted molar refractivity (Wildman–Crippen MR) is 85.9 cm³/mol. The van der Waals surface area contributed by atoms with Gasteiger partial charge in [0.25, 0.3) is 0 Å². The summed E-state index contributed by atoms with van der Waals surface area (Å²) in [5, 5.41) is 4.08. The van der Waals surface area contributed by atoms with Gasteiger partial charge < -0.3 is 0 Å². The first-order valence-corrected chi connectivity index (χ1v) is 7.80. The molecule has 0 heterocycles. The number of Topliss-reactive ketones (excluding diaryl/α,β-unsaturated/α-hetero) is 1. The minimum atomic E-state index is -1.28. The molecule has 0 spiro atoms. The van der Waals surface area contributed by atoms with Crippen LogP contribution in [-0.4, -0.2) is 21.5 Å². The van der Waals surface area contributed by atoms with Crippen molar-refractivity contribution >= 4 is 28.0 Å². The molecule has 0 fully saturated rings. The molecule has 1 atom stereocenters. The number of anilines is 1. The number of hydrogen-bond donors (Lipinski definition) is 1. The minimum Gasteiger partial charge on any atom is -0.293 e. The van der Waals surface area contributed by atoms with E-state index in [9.17, 15) is 9.00 Å². The molecule has 5 heteroatoms. The monoisotopic (exact) mass is 300 g/mol. The molecule has 1 unspecified atom stereocenters. The van der Waals surface area contributed by atoms with E-state index in [1.54, 1.807) is 12.1 Å². The lowest BCUT2D eigenvalue weighted by Gasteiger charge is -2.05. The van der Waals surface area contributed by atoms with Gasteiger partial charge in [-0.1, -0.05) is 36.4 Å². The molecule has 0 bridgehead atoms. The molecule has 0 amide bonds. The van der Waals surface area contributed by atoms with Gasteiger partial charge in [-0.25, -0.2) is 0 Å². The van der Waals surface area contributed by atoms with Crippen molar-refractivity contribution in [3.63, 3.8) is 0 Å². The van der Waals surface area contributed by atoms with E-state index in [1.165, 1.54) is 6.92 Å². The van der Waals surface area contributed by atoms with Gasteiger partial charge in [0.05, 0.1) is 22.2 Å². The van der Waals surface area contributed by atoms with Crippen molar-refractivity contribution in [2.45, 2.75) is 11.8 Å². The maximum Gasteiger partial charge on any atom is 0.176 e. The second-order valence-corrected chi connectivity index (χ2v) is 5.85. The molecule has 0 radical (unpaired) electrons. The van der Waals surface area contributed by atoms with Crippen LogP contribution < -0.4 is 5.43 Å². The molecule has 21 heavy (non-hydrogen) atoms. The van der Waals surface area contributed by atoms with Gasteiger partial charge in [0, 0.05) is 11.8 Å². The second-order valence-electron chi connectivity index (χ2n) is 4.40. The van der Waals surface area contributed by atoms with E-state index in [2.05, 4.69) is 10.5 Å². The number of carbonyl (C=O) groups is 1. The maximum atomic E-state index is 12.2. The number of carbonyl (C=O) groups excluding carboxylic acids is 1. The highest BCUT2D eigenvalue weighted by Gasteiger charge is 2.12. The average molecular weight is 300 g/mol. The van der Waals surface area contributed by atoms with Crippen LogP contribution in [0.15, 0.2) is 70.7 Å². The third-order valence-corrected chi connectivity index (χ3v) is 4.11. The third-order valence-electron chi connectivity index (χ3n) is 2.77. The van der Waals surface area contributed by atoms with E-state index in [4.69, 9.17) is 0 Å². The van der Waals surface area contributed by atoms with Gasteiger partial charge >= 0.3 is 0 Å². The largest absolute Gasteiger partial charge is 0.293 e. The van der Waals surface area contributed by atoms with Crippen LogP contribution in [0.25, 0.3) is 0 Å². The van der Waals surface area contributed by atoms with E-state index in [0.717, 1.165) is 5.69 Å². The van der Waals surface area contributed by atoms with Crippen molar-refractivity contribution in [1.82, 2.24) is 0 Å². The smallest absolute Gasteiger partial charge is 0.176 e. The van der Waals surface area contributed by atoms with Crippen molar-refractivity contribution < 1.29 is 9.00 Å². The van der Waals surface area contributed by atoms with Crippen molar-refractivity contribution in [1.29, 1.82) is 0 Å². The maximum absolute atomic E-state index is 12.2. The molecule has 0 aliphatic heterocycles. The summed E-state index contributed by atoms with van der Waals surface area (Å²) in [5.41, 5.74) is 3.86. The number of ketones is 1. The highest BCUT2D eigenvalue weighted by Crippen LogP contribution is 2.08. The molecule has 2 rings (SSSR count). The predicted octanol–water partition coefficient (Wildman–Crippen LogP) is 2.85. The van der Waals surface area contributed by atoms with Crippen LogP contribution in [0.1, 0.15) is 6.92 Å². The Labute approximate surface area is 126 Å². The molecule has 0 saturated carbocycles. The van der Waals surface area contributed by atoms with Gasteiger partial charge in [0.15, 0.2) is 5.78 Å². The first-order chi connectivity index (χ1) is 10.2. The molecule has 108 valence electrons. The van der Waals surface area contributed by atoms with Gasteiger partial charge in [-0.2, -0.15) is 5.10 Å². The van der Waals surface area contributed by atoms with Crippen LogP contribution >= 0.6 is 0 Å². The van der Waals surface area contributed by atoms with Gasteiger partial charge in [-0.05, 0) is 24.3 Å². The fraction of sp³-hybridized carbons (Fsp3) is 0.125. The Hall–Kier alpha value is -2.27. The number of rotatable bonds is 6. The highest BCUT2D eigenvalue weighted by molar-refractivity contribution is 7.86. The summed E-state index contributed by atoms with van der Waals surface area (Å²) in [5.74, 6) is -0.0955. The summed E-state index contributed by atoms with van der Waals surface area (Å²) < 4.78 is 12.2. The second kappa shape index (κ2) is 7.50.